The monoisotopic (exact) mass is 454 g/mol. The predicted molar refractivity (Wildman–Crippen MR) is 125 cm³/mol. The van der Waals surface area contributed by atoms with Crippen LogP contribution in [-0.4, -0.2) is 45.2 Å². The topological polar surface area (TPSA) is 128 Å². The molecule has 0 fully saturated rings. The van der Waals surface area contributed by atoms with Crippen molar-refractivity contribution in [2.24, 2.45) is 7.05 Å². The molecule has 11 heteroatoms. The van der Waals surface area contributed by atoms with Crippen LogP contribution in [0.15, 0.2) is 67.3 Å². The van der Waals surface area contributed by atoms with Crippen LogP contribution in [0.3, 0.4) is 0 Å². The number of nitrogens with zero attached hydrogens (tertiary/aromatic N) is 8. The largest absolute Gasteiger partial charge is 0.378 e. The number of aromatic nitrogens is 8. The van der Waals surface area contributed by atoms with E-state index in [1.807, 2.05) is 59.5 Å². The van der Waals surface area contributed by atoms with E-state index >= 15 is 0 Å². The maximum Gasteiger partial charge on any atom is 0.251 e. The lowest BCUT2D eigenvalue weighted by Gasteiger charge is -2.13. The molecule has 0 bridgehead atoms. The van der Waals surface area contributed by atoms with Gasteiger partial charge in [0, 0.05) is 30.7 Å². The normalized spacial score (nSPS) is 11.9. The van der Waals surface area contributed by atoms with Crippen molar-refractivity contribution >= 4 is 17.2 Å². The number of carbonyl (C=O) groups is 1. The van der Waals surface area contributed by atoms with Crippen LogP contribution in [0.2, 0.25) is 0 Å². The van der Waals surface area contributed by atoms with E-state index in [1.54, 1.807) is 24.4 Å². The molecule has 0 spiro atoms. The van der Waals surface area contributed by atoms with Gasteiger partial charge >= 0.3 is 0 Å². The Bertz CT molecular complexity index is 1440. The zero-order valence-electron chi connectivity index (χ0n) is 18.6. The molecule has 0 aliphatic heterocycles. The van der Waals surface area contributed by atoms with Gasteiger partial charge in [0.1, 0.15) is 12.0 Å². The van der Waals surface area contributed by atoms with E-state index in [-0.39, 0.29) is 11.9 Å². The number of benzene rings is 1. The Morgan fingerprint density at radius 2 is 1.97 bits per heavy atom. The molecule has 1 amide bonds. The summed E-state index contributed by atoms with van der Waals surface area (Å²) in [5.41, 5.74) is 2.76. The summed E-state index contributed by atoms with van der Waals surface area (Å²) in [5, 5.41) is 23.1. The van der Waals surface area contributed by atoms with Gasteiger partial charge in [-0.15, -0.1) is 20.4 Å². The number of fused-ring (bicyclic) bond motifs is 1. The van der Waals surface area contributed by atoms with Gasteiger partial charge in [0.15, 0.2) is 23.1 Å². The summed E-state index contributed by atoms with van der Waals surface area (Å²) in [6.45, 7) is 2.31. The fourth-order valence-electron chi connectivity index (χ4n) is 3.61. The first-order chi connectivity index (χ1) is 16.6. The summed E-state index contributed by atoms with van der Waals surface area (Å²) in [6.07, 6.45) is 5.02. The Morgan fingerprint density at radius 3 is 2.82 bits per heavy atom. The zero-order chi connectivity index (χ0) is 23.5. The van der Waals surface area contributed by atoms with Crippen LogP contribution in [0.5, 0.6) is 0 Å². The van der Waals surface area contributed by atoms with Gasteiger partial charge in [-0.05, 0) is 43.3 Å². The number of hydrogen-bond donors (Lipinski definition) is 2. The molecule has 0 saturated heterocycles. The van der Waals surface area contributed by atoms with E-state index in [9.17, 15) is 4.79 Å². The van der Waals surface area contributed by atoms with Gasteiger partial charge in [-0.25, -0.2) is 9.97 Å². The van der Waals surface area contributed by atoms with Gasteiger partial charge < -0.3 is 15.2 Å². The highest BCUT2D eigenvalue weighted by molar-refractivity contribution is 5.95. The number of pyridine rings is 1. The Morgan fingerprint density at radius 1 is 1.06 bits per heavy atom. The smallest absolute Gasteiger partial charge is 0.251 e. The third-order valence-electron chi connectivity index (χ3n) is 5.43. The van der Waals surface area contributed by atoms with Gasteiger partial charge in [-0.3, -0.25) is 9.20 Å². The summed E-state index contributed by atoms with van der Waals surface area (Å²) in [6, 6.07) is 14.4. The van der Waals surface area contributed by atoms with E-state index in [0.29, 0.717) is 29.5 Å². The van der Waals surface area contributed by atoms with Crippen LogP contribution < -0.4 is 10.6 Å². The van der Waals surface area contributed by atoms with Crippen molar-refractivity contribution in [3.8, 4) is 11.5 Å². The molecule has 0 radical (unpaired) electrons. The van der Waals surface area contributed by atoms with Gasteiger partial charge in [0.2, 0.25) is 0 Å². The van der Waals surface area contributed by atoms with Crippen molar-refractivity contribution < 1.29 is 4.79 Å². The number of carbonyl (C=O) groups excluding carboxylic acids is 1. The number of hydrogen-bond acceptors (Lipinski definition) is 8. The Kier molecular flexibility index (Phi) is 5.65. The first kappa shape index (κ1) is 21.2. The number of nitrogens with one attached hydrogen (secondary N) is 2. The second-order valence-corrected chi connectivity index (χ2v) is 7.71. The lowest BCUT2D eigenvalue weighted by molar-refractivity contribution is 0.0938. The van der Waals surface area contributed by atoms with E-state index in [0.717, 1.165) is 17.2 Å². The predicted octanol–water partition coefficient (Wildman–Crippen LogP) is 2.42. The molecular formula is C23H22N10O. The highest BCUT2D eigenvalue weighted by Gasteiger charge is 2.17. The summed E-state index contributed by atoms with van der Waals surface area (Å²) in [4.78, 5) is 21.0. The summed E-state index contributed by atoms with van der Waals surface area (Å²) in [7, 11) is 1.88. The highest BCUT2D eigenvalue weighted by atomic mass is 16.1. The number of amides is 1. The summed E-state index contributed by atoms with van der Waals surface area (Å²) >= 11 is 0. The van der Waals surface area contributed by atoms with E-state index in [2.05, 4.69) is 41.0 Å². The van der Waals surface area contributed by atoms with Crippen LogP contribution in [0.1, 0.15) is 35.0 Å². The molecule has 5 aromatic rings. The van der Waals surface area contributed by atoms with Crippen LogP contribution >= 0.6 is 0 Å². The lowest BCUT2D eigenvalue weighted by atomic mass is 10.1. The molecular weight excluding hydrogens is 432 g/mol. The van der Waals surface area contributed by atoms with E-state index in [1.165, 1.54) is 6.33 Å². The van der Waals surface area contributed by atoms with Gasteiger partial charge in [0.05, 0.1) is 12.6 Å². The van der Waals surface area contributed by atoms with Gasteiger partial charge in [-0.2, -0.15) is 0 Å². The molecule has 4 heterocycles. The minimum absolute atomic E-state index is 0.200. The Balaban J connectivity index is 1.26. The Hall–Kier alpha value is -4.67. The lowest BCUT2D eigenvalue weighted by Crippen LogP contribution is -2.28. The van der Waals surface area contributed by atoms with Crippen molar-refractivity contribution in [1.82, 2.24) is 44.6 Å². The molecule has 170 valence electrons. The number of rotatable bonds is 7. The molecule has 0 saturated carbocycles. The maximum atomic E-state index is 12.9. The molecule has 1 unspecified atom stereocenters. The van der Waals surface area contributed by atoms with Crippen molar-refractivity contribution in [1.29, 1.82) is 0 Å². The maximum absolute atomic E-state index is 12.9. The average Bonchev–Trinajstić information content (AvgIpc) is 3.47. The summed E-state index contributed by atoms with van der Waals surface area (Å²) < 4.78 is 3.73. The van der Waals surface area contributed by atoms with Crippen molar-refractivity contribution in [3.05, 3.63) is 84.5 Å². The Labute approximate surface area is 194 Å². The molecule has 4 aromatic heterocycles. The van der Waals surface area contributed by atoms with Gasteiger partial charge in [0.25, 0.3) is 5.91 Å². The van der Waals surface area contributed by atoms with Crippen LogP contribution in [-0.2, 0) is 13.6 Å². The van der Waals surface area contributed by atoms with E-state index < -0.39 is 0 Å². The fraction of sp³-hybridized carbons (Fsp3) is 0.174. The highest BCUT2D eigenvalue weighted by Crippen LogP contribution is 2.17. The molecule has 0 aliphatic rings. The summed E-state index contributed by atoms with van der Waals surface area (Å²) in [5.74, 6) is 1.85. The van der Waals surface area contributed by atoms with Crippen LogP contribution in [0.4, 0.5) is 5.69 Å². The second-order valence-electron chi connectivity index (χ2n) is 7.71. The fourth-order valence-corrected chi connectivity index (χ4v) is 3.61. The quantitative estimate of drug-likeness (QED) is 0.384. The third kappa shape index (κ3) is 4.18. The van der Waals surface area contributed by atoms with Crippen molar-refractivity contribution in [3.63, 3.8) is 0 Å². The molecule has 1 atom stereocenters. The zero-order valence-corrected chi connectivity index (χ0v) is 18.6. The van der Waals surface area contributed by atoms with Gasteiger partial charge in [-0.1, -0.05) is 12.1 Å². The molecule has 34 heavy (non-hydrogen) atoms. The first-order valence-corrected chi connectivity index (χ1v) is 10.7. The third-order valence-corrected chi connectivity index (χ3v) is 5.43. The number of anilines is 1. The average molecular weight is 454 g/mol. The second kappa shape index (κ2) is 9.06. The van der Waals surface area contributed by atoms with Crippen molar-refractivity contribution in [2.45, 2.75) is 19.5 Å². The van der Waals surface area contributed by atoms with Crippen molar-refractivity contribution in [2.75, 3.05) is 5.32 Å². The van der Waals surface area contributed by atoms with E-state index in [4.69, 9.17) is 0 Å². The standard InChI is InChI=1S/C23H22N10O/c1-15(21-30-28-19-8-3-4-11-33(19)21)27-23(34)16-6-5-7-17(12-16)25-13-20-29-31-22(32(20)2)18-9-10-24-14-26-18/h3-12,14-15,25H,13H2,1-2H3,(H,27,34). The minimum Gasteiger partial charge on any atom is -0.378 e. The molecule has 2 N–H and O–H groups in total. The first-order valence-electron chi connectivity index (χ1n) is 10.7. The molecule has 0 aliphatic carbocycles. The molecule has 11 nitrogen and oxygen atoms in total. The minimum atomic E-state index is -0.319. The molecule has 5 rings (SSSR count). The SMILES string of the molecule is CC(NC(=O)c1cccc(NCc2nnc(-c3ccncn3)n2C)c1)c1nnc2ccccn12. The molecule has 1 aromatic carbocycles. The van der Waals surface area contributed by atoms with Crippen LogP contribution in [0.25, 0.3) is 17.2 Å². The van der Waals surface area contributed by atoms with Crippen LogP contribution in [0, 0.1) is 0 Å².